The van der Waals surface area contributed by atoms with Gasteiger partial charge in [-0.2, -0.15) is 0 Å². The van der Waals surface area contributed by atoms with Crippen LogP contribution in [-0.2, 0) is 4.79 Å². The molecule has 1 heterocycles. The SMILES string of the molecule is O=C(Nc1cccc(F)c1F)C1CCN(C(=O)c2ccc(F)cc2F)CC1. The summed E-state index contributed by atoms with van der Waals surface area (Å²) in [6.45, 7) is 0.388. The Hall–Kier alpha value is -2.90. The van der Waals surface area contributed by atoms with E-state index in [1.54, 1.807) is 0 Å². The molecule has 1 saturated heterocycles. The van der Waals surface area contributed by atoms with E-state index >= 15 is 0 Å². The summed E-state index contributed by atoms with van der Waals surface area (Å²) in [5.41, 5.74) is -0.479. The third-order valence-corrected chi connectivity index (χ3v) is 4.52. The van der Waals surface area contributed by atoms with E-state index in [1.807, 2.05) is 0 Å². The molecule has 0 saturated carbocycles. The van der Waals surface area contributed by atoms with Gasteiger partial charge < -0.3 is 10.2 Å². The Morgan fingerprint density at radius 1 is 0.963 bits per heavy atom. The molecule has 0 bridgehead atoms. The number of rotatable bonds is 3. The van der Waals surface area contributed by atoms with Crippen LogP contribution in [0.25, 0.3) is 0 Å². The van der Waals surface area contributed by atoms with Crippen molar-refractivity contribution in [2.45, 2.75) is 12.8 Å². The van der Waals surface area contributed by atoms with Crippen LogP contribution in [0.3, 0.4) is 0 Å². The van der Waals surface area contributed by atoms with Gasteiger partial charge in [-0.15, -0.1) is 0 Å². The van der Waals surface area contributed by atoms with Crippen molar-refractivity contribution in [3.8, 4) is 0 Å². The number of piperidine rings is 1. The van der Waals surface area contributed by atoms with Crippen LogP contribution >= 0.6 is 0 Å². The van der Waals surface area contributed by atoms with E-state index in [-0.39, 0.29) is 37.2 Å². The predicted octanol–water partition coefficient (Wildman–Crippen LogP) is 3.73. The highest BCUT2D eigenvalue weighted by Gasteiger charge is 2.29. The number of nitrogens with one attached hydrogen (secondary N) is 1. The Kier molecular flexibility index (Phi) is 5.43. The minimum Gasteiger partial charge on any atom is -0.339 e. The summed E-state index contributed by atoms with van der Waals surface area (Å²) in [7, 11) is 0. The molecule has 0 aromatic heterocycles. The fraction of sp³-hybridized carbons (Fsp3) is 0.263. The number of hydrogen-bond donors (Lipinski definition) is 1. The number of carbonyl (C=O) groups is 2. The molecule has 1 fully saturated rings. The lowest BCUT2D eigenvalue weighted by Gasteiger charge is -2.31. The molecule has 0 atom stereocenters. The van der Waals surface area contributed by atoms with Crippen molar-refractivity contribution in [3.63, 3.8) is 0 Å². The summed E-state index contributed by atoms with van der Waals surface area (Å²) in [5, 5.41) is 2.35. The van der Waals surface area contributed by atoms with Crippen molar-refractivity contribution >= 4 is 17.5 Å². The quantitative estimate of drug-likeness (QED) is 0.825. The van der Waals surface area contributed by atoms with Crippen molar-refractivity contribution in [1.82, 2.24) is 4.90 Å². The van der Waals surface area contributed by atoms with Crippen LogP contribution in [0.15, 0.2) is 36.4 Å². The van der Waals surface area contributed by atoms with Gasteiger partial charge in [-0.05, 0) is 37.1 Å². The second-order valence-electron chi connectivity index (χ2n) is 6.28. The molecule has 2 amide bonds. The van der Waals surface area contributed by atoms with Crippen molar-refractivity contribution in [3.05, 3.63) is 65.2 Å². The van der Waals surface area contributed by atoms with Crippen molar-refractivity contribution in [1.29, 1.82) is 0 Å². The maximum Gasteiger partial charge on any atom is 0.256 e. The van der Waals surface area contributed by atoms with Gasteiger partial charge in [0.1, 0.15) is 11.6 Å². The first-order valence-electron chi connectivity index (χ1n) is 8.36. The third kappa shape index (κ3) is 4.10. The maximum atomic E-state index is 13.8. The number of halogens is 4. The Balaban J connectivity index is 1.60. The van der Waals surface area contributed by atoms with E-state index < -0.39 is 41.0 Å². The number of carbonyl (C=O) groups excluding carboxylic acids is 2. The molecular formula is C19H16F4N2O2. The lowest BCUT2D eigenvalue weighted by molar-refractivity contribution is -0.121. The molecule has 0 radical (unpaired) electrons. The van der Waals surface area contributed by atoms with E-state index in [0.29, 0.717) is 6.07 Å². The standard InChI is InChI=1S/C19H16F4N2O2/c20-12-4-5-13(15(22)10-12)19(27)25-8-6-11(7-9-25)18(26)24-16-3-1-2-14(21)17(16)23/h1-5,10-11H,6-9H2,(H,24,26). The molecule has 1 aliphatic rings. The van der Waals surface area contributed by atoms with Crippen LogP contribution < -0.4 is 5.32 Å². The third-order valence-electron chi connectivity index (χ3n) is 4.52. The molecule has 3 rings (SSSR count). The van der Waals surface area contributed by atoms with Gasteiger partial charge in [0, 0.05) is 25.1 Å². The summed E-state index contributed by atoms with van der Waals surface area (Å²) in [5.74, 6) is -5.46. The molecular weight excluding hydrogens is 364 g/mol. The highest BCUT2D eigenvalue weighted by molar-refractivity contribution is 5.95. The van der Waals surface area contributed by atoms with Gasteiger partial charge in [0.05, 0.1) is 11.3 Å². The lowest BCUT2D eigenvalue weighted by atomic mass is 9.95. The topological polar surface area (TPSA) is 49.4 Å². The number of nitrogens with zero attached hydrogens (tertiary/aromatic N) is 1. The molecule has 2 aromatic carbocycles. The highest BCUT2D eigenvalue weighted by Crippen LogP contribution is 2.23. The van der Waals surface area contributed by atoms with Gasteiger partial charge >= 0.3 is 0 Å². The highest BCUT2D eigenvalue weighted by atomic mass is 19.2. The van der Waals surface area contributed by atoms with Crippen LogP contribution in [0, 0.1) is 29.2 Å². The van der Waals surface area contributed by atoms with Crippen molar-refractivity contribution in [2.75, 3.05) is 18.4 Å². The molecule has 1 N–H and O–H groups in total. The summed E-state index contributed by atoms with van der Waals surface area (Å²) >= 11 is 0. The summed E-state index contributed by atoms with van der Waals surface area (Å²) in [4.78, 5) is 26.0. The molecule has 4 nitrogen and oxygen atoms in total. The number of anilines is 1. The molecule has 142 valence electrons. The zero-order valence-corrected chi connectivity index (χ0v) is 14.1. The average molecular weight is 380 g/mol. The number of benzene rings is 2. The largest absolute Gasteiger partial charge is 0.339 e. The molecule has 0 aliphatic carbocycles. The van der Waals surface area contributed by atoms with Crippen molar-refractivity contribution in [2.24, 2.45) is 5.92 Å². The zero-order chi connectivity index (χ0) is 19.6. The Morgan fingerprint density at radius 2 is 1.67 bits per heavy atom. The molecule has 27 heavy (non-hydrogen) atoms. The monoisotopic (exact) mass is 380 g/mol. The van der Waals surface area contributed by atoms with Crippen LogP contribution in [0.1, 0.15) is 23.2 Å². The fourth-order valence-electron chi connectivity index (χ4n) is 3.01. The zero-order valence-electron chi connectivity index (χ0n) is 14.1. The Labute approximate surface area is 152 Å². The molecule has 1 aliphatic heterocycles. The van der Waals surface area contributed by atoms with Crippen molar-refractivity contribution < 1.29 is 27.2 Å². The fourth-order valence-corrected chi connectivity index (χ4v) is 3.01. The van der Waals surface area contributed by atoms with Gasteiger partial charge in [-0.1, -0.05) is 6.07 Å². The smallest absolute Gasteiger partial charge is 0.256 e. The summed E-state index contributed by atoms with van der Waals surface area (Å²) < 4.78 is 53.6. The minimum absolute atomic E-state index is 0.194. The second kappa shape index (κ2) is 7.77. The molecule has 0 unspecified atom stereocenters. The number of hydrogen-bond acceptors (Lipinski definition) is 2. The Morgan fingerprint density at radius 3 is 2.33 bits per heavy atom. The molecule has 8 heteroatoms. The van der Waals surface area contributed by atoms with E-state index in [2.05, 4.69) is 5.32 Å². The maximum absolute atomic E-state index is 13.8. The van der Waals surface area contributed by atoms with E-state index in [4.69, 9.17) is 0 Å². The van der Waals surface area contributed by atoms with Gasteiger partial charge in [-0.3, -0.25) is 9.59 Å². The number of likely N-dealkylation sites (tertiary alicyclic amines) is 1. The van der Waals surface area contributed by atoms with Gasteiger partial charge in [-0.25, -0.2) is 17.6 Å². The first-order chi connectivity index (χ1) is 12.9. The van der Waals surface area contributed by atoms with Crippen LogP contribution in [0.5, 0.6) is 0 Å². The van der Waals surface area contributed by atoms with E-state index in [9.17, 15) is 27.2 Å². The van der Waals surface area contributed by atoms with Crippen LogP contribution in [0.4, 0.5) is 23.2 Å². The Bertz CT molecular complexity index is 880. The second-order valence-corrected chi connectivity index (χ2v) is 6.28. The summed E-state index contributed by atoms with van der Waals surface area (Å²) in [6.07, 6.45) is 0.578. The first kappa shape index (κ1) is 18.9. The first-order valence-corrected chi connectivity index (χ1v) is 8.36. The predicted molar refractivity (Wildman–Crippen MR) is 90.0 cm³/mol. The van der Waals surface area contributed by atoms with E-state index in [1.165, 1.54) is 17.0 Å². The minimum atomic E-state index is -1.13. The van der Waals surface area contributed by atoms with Gasteiger partial charge in [0.25, 0.3) is 5.91 Å². The van der Waals surface area contributed by atoms with Gasteiger partial charge in [0.2, 0.25) is 5.91 Å². The van der Waals surface area contributed by atoms with Crippen LogP contribution in [-0.4, -0.2) is 29.8 Å². The normalized spacial score (nSPS) is 14.9. The van der Waals surface area contributed by atoms with E-state index in [0.717, 1.165) is 18.2 Å². The summed E-state index contributed by atoms with van der Waals surface area (Å²) in [6, 6.07) is 6.21. The average Bonchev–Trinajstić information content (AvgIpc) is 2.65. The van der Waals surface area contributed by atoms with Crippen LogP contribution in [0.2, 0.25) is 0 Å². The van der Waals surface area contributed by atoms with Gasteiger partial charge in [0.15, 0.2) is 11.6 Å². The molecule has 2 aromatic rings. The molecule has 0 spiro atoms. The lowest BCUT2D eigenvalue weighted by Crippen LogP contribution is -2.41. The number of amides is 2.